The molecule has 0 aromatic heterocycles. The van der Waals surface area contributed by atoms with Gasteiger partial charge in [0, 0.05) is 17.4 Å². The summed E-state index contributed by atoms with van der Waals surface area (Å²) >= 11 is 0. The van der Waals surface area contributed by atoms with E-state index in [4.69, 9.17) is 0 Å². The number of hydrogen-bond donors (Lipinski definition) is 2. The van der Waals surface area contributed by atoms with Crippen LogP contribution in [0.4, 0.5) is 20.2 Å². The maximum atomic E-state index is 13.1. The average Bonchev–Trinajstić information content (AvgIpc) is 2.50. The fourth-order valence-corrected chi connectivity index (χ4v) is 2.00. The van der Waals surface area contributed by atoms with Gasteiger partial charge in [-0.25, -0.2) is 8.78 Å². The first kappa shape index (κ1) is 17.6. The summed E-state index contributed by atoms with van der Waals surface area (Å²) in [6.45, 7) is 6.20. The summed E-state index contributed by atoms with van der Waals surface area (Å²) in [4.78, 5) is 23.7. The maximum Gasteiger partial charge on any atom is 0.314 e. The molecule has 2 rings (SSSR count). The number of carbonyl (C=O) groups excluding carboxylic acids is 2. The molecule has 2 amide bonds. The van der Waals surface area contributed by atoms with E-state index in [0.717, 1.165) is 17.7 Å². The molecule has 2 N–H and O–H groups in total. The second-order valence-electron chi connectivity index (χ2n) is 6.36. The van der Waals surface area contributed by atoms with Crippen molar-refractivity contribution >= 4 is 23.2 Å². The Morgan fingerprint density at radius 2 is 1.29 bits per heavy atom. The minimum atomic E-state index is -1.11. The number of carbonyl (C=O) groups is 2. The molecule has 24 heavy (non-hydrogen) atoms. The molecular formula is C18H18F2N2O2. The Kier molecular flexibility index (Phi) is 4.97. The zero-order chi connectivity index (χ0) is 17.9. The molecule has 0 unspecified atom stereocenters. The maximum absolute atomic E-state index is 13.1. The molecule has 0 radical (unpaired) electrons. The molecule has 0 aliphatic rings. The van der Waals surface area contributed by atoms with E-state index in [9.17, 15) is 18.4 Å². The lowest BCUT2D eigenvalue weighted by Gasteiger charge is -2.19. The van der Waals surface area contributed by atoms with Crippen LogP contribution in [-0.2, 0) is 15.0 Å². The highest BCUT2D eigenvalue weighted by Crippen LogP contribution is 2.23. The first-order valence-corrected chi connectivity index (χ1v) is 7.35. The van der Waals surface area contributed by atoms with Gasteiger partial charge in [0.25, 0.3) is 0 Å². The molecule has 0 aliphatic heterocycles. The molecule has 0 saturated carbocycles. The van der Waals surface area contributed by atoms with Crippen molar-refractivity contribution in [2.75, 3.05) is 10.6 Å². The normalized spacial score (nSPS) is 11.0. The van der Waals surface area contributed by atoms with Gasteiger partial charge in [-0.15, -0.1) is 0 Å². The van der Waals surface area contributed by atoms with Crippen LogP contribution in [0, 0.1) is 11.6 Å². The number of hydrogen-bond acceptors (Lipinski definition) is 2. The highest BCUT2D eigenvalue weighted by molar-refractivity contribution is 6.43. The standard InChI is InChI=1S/C18H18F2N2O2/c1-18(2,3)11-4-6-12(7-5-11)21-16(23)17(24)22-13-8-9-14(19)15(20)10-13/h4-10H,1-3H3,(H,21,23)(H,22,24). The van der Waals surface area contributed by atoms with E-state index >= 15 is 0 Å². The van der Waals surface area contributed by atoms with E-state index in [1.54, 1.807) is 12.1 Å². The van der Waals surface area contributed by atoms with Gasteiger partial charge in [-0.2, -0.15) is 0 Å². The molecular weight excluding hydrogens is 314 g/mol. The van der Waals surface area contributed by atoms with Crippen LogP contribution in [0.3, 0.4) is 0 Å². The first-order valence-electron chi connectivity index (χ1n) is 7.35. The Morgan fingerprint density at radius 1 is 0.792 bits per heavy atom. The van der Waals surface area contributed by atoms with Crippen LogP contribution in [0.5, 0.6) is 0 Å². The van der Waals surface area contributed by atoms with Gasteiger partial charge in [0.2, 0.25) is 0 Å². The Morgan fingerprint density at radius 3 is 1.79 bits per heavy atom. The highest BCUT2D eigenvalue weighted by atomic mass is 19.2. The summed E-state index contributed by atoms with van der Waals surface area (Å²) in [5.41, 5.74) is 1.53. The molecule has 2 aromatic rings. The lowest BCUT2D eigenvalue weighted by Crippen LogP contribution is -2.29. The van der Waals surface area contributed by atoms with E-state index in [1.807, 2.05) is 12.1 Å². The molecule has 0 spiro atoms. The molecule has 2 aromatic carbocycles. The van der Waals surface area contributed by atoms with Crippen LogP contribution in [0.2, 0.25) is 0 Å². The number of benzene rings is 2. The van der Waals surface area contributed by atoms with Crippen molar-refractivity contribution in [2.24, 2.45) is 0 Å². The second kappa shape index (κ2) is 6.78. The fraction of sp³-hybridized carbons (Fsp3) is 0.222. The van der Waals surface area contributed by atoms with E-state index in [0.29, 0.717) is 5.69 Å². The molecule has 0 fully saturated rings. The molecule has 126 valence electrons. The number of halogens is 2. The number of anilines is 2. The zero-order valence-corrected chi connectivity index (χ0v) is 13.6. The third kappa shape index (κ3) is 4.38. The van der Waals surface area contributed by atoms with Crippen molar-refractivity contribution in [2.45, 2.75) is 26.2 Å². The minimum Gasteiger partial charge on any atom is -0.318 e. The molecule has 0 aliphatic carbocycles. The SMILES string of the molecule is CC(C)(C)c1ccc(NC(=O)C(=O)Nc2ccc(F)c(F)c2)cc1. The van der Waals surface area contributed by atoms with Crippen LogP contribution < -0.4 is 10.6 Å². The number of amides is 2. The van der Waals surface area contributed by atoms with Crippen LogP contribution in [-0.4, -0.2) is 11.8 Å². The van der Waals surface area contributed by atoms with Gasteiger partial charge < -0.3 is 10.6 Å². The van der Waals surface area contributed by atoms with Crippen molar-refractivity contribution in [3.63, 3.8) is 0 Å². The quantitative estimate of drug-likeness (QED) is 0.821. The Balaban J connectivity index is 2.01. The summed E-state index contributed by atoms with van der Waals surface area (Å²) in [5.74, 6) is -4.01. The molecule has 0 bridgehead atoms. The topological polar surface area (TPSA) is 58.2 Å². The Labute approximate surface area is 138 Å². The predicted octanol–water partition coefficient (Wildman–Crippen LogP) is 3.84. The minimum absolute atomic E-state index is 0.00266. The van der Waals surface area contributed by atoms with Gasteiger partial charge in [-0.05, 0) is 35.2 Å². The third-order valence-corrected chi connectivity index (χ3v) is 3.39. The lowest BCUT2D eigenvalue weighted by molar-refractivity contribution is -0.133. The second-order valence-corrected chi connectivity index (χ2v) is 6.36. The van der Waals surface area contributed by atoms with E-state index in [-0.39, 0.29) is 11.1 Å². The van der Waals surface area contributed by atoms with Crippen molar-refractivity contribution in [1.82, 2.24) is 0 Å². The molecule has 4 nitrogen and oxygen atoms in total. The van der Waals surface area contributed by atoms with Gasteiger partial charge in [0.05, 0.1) is 0 Å². The van der Waals surface area contributed by atoms with Crippen molar-refractivity contribution in [3.05, 3.63) is 59.7 Å². The number of nitrogens with one attached hydrogen (secondary N) is 2. The largest absolute Gasteiger partial charge is 0.318 e. The van der Waals surface area contributed by atoms with Crippen molar-refractivity contribution in [3.8, 4) is 0 Å². The van der Waals surface area contributed by atoms with Crippen LogP contribution in [0.1, 0.15) is 26.3 Å². The molecule has 6 heteroatoms. The van der Waals surface area contributed by atoms with Gasteiger partial charge in [0.15, 0.2) is 11.6 Å². The highest BCUT2D eigenvalue weighted by Gasteiger charge is 2.16. The Hall–Kier alpha value is -2.76. The average molecular weight is 332 g/mol. The lowest BCUT2D eigenvalue weighted by atomic mass is 9.87. The summed E-state index contributed by atoms with van der Waals surface area (Å²) in [7, 11) is 0. The Bertz CT molecular complexity index is 766. The van der Waals surface area contributed by atoms with Gasteiger partial charge in [-0.3, -0.25) is 9.59 Å². The third-order valence-electron chi connectivity index (χ3n) is 3.39. The van der Waals surface area contributed by atoms with Crippen LogP contribution in [0.25, 0.3) is 0 Å². The molecule has 0 saturated heterocycles. The van der Waals surface area contributed by atoms with Gasteiger partial charge in [-0.1, -0.05) is 32.9 Å². The van der Waals surface area contributed by atoms with E-state index < -0.39 is 23.4 Å². The molecule has 0 atom stereocenters. The van der Waals surface area contributed by atoms with E-state index in [2.05, 4.69) is 31.4 Å². The van der Waals surface area contributed by atoms with Crippen molar-refractivity contribution in [1.29, 1.82) is 0 Å². The summed E-state index contributed by atoms with van der Waals surface area (Å²) in [6.07, 6.45) is 0. The number of rotatable bonds is 2. The van der Waals surface area contributed by atoms with Gasteiger partial charge in [0.1, 0.15) is 0 Å². The zero-order valence-electron chi connectivity index (χ0n) is 13.6. The summed E-state index contributed by atoms with van der Waals surface area (Å²) in [5, 5.41) is 4.66. The monoisotopic (exact) mass is 332 g/mol. The van der Waals surface area contributed by atoms with Gasteiger partial charge >= 0.3 is 11.8 Å². The molecule has 0 heterocycles. The van der Waals surface area contributed by atoms with Crippen LogP contribution >= 0.6 is 0 Å². The summed E-state index contributed by atoms with van der Waals surface area (Å²) < 4.78 is 25.9. The predicted molar refractivity (Wildman–Crippen MR) is 88.8 cm³/mol. The summed E-state index contributed by atoms with van der Waals surface area (Å²) in [6, 6.07) is 9.97. The van der Waals surface area contributed by atoms with Crippen molar-refractivity contribution < 1.29 is 18.4 Å². The first-order chi connectivity index (χ1) is 11.2. The smallest absolute Gasteiger partial charge is 0.314 e. The fourth-order valence-electron chi connectivity index (χ4n) is 2.00. The van der Waals surface area contributed by atoms with E-state index in [1.165, 1.54) is 6.07 Å². The van der Waals surface area contributed by atoms with Crippen LogP contribution in [0.15, 0.2) is 42.5 Å².